The number of benzene rings is 2. The van der Waals surface area contributed by atoms with Crippen LogP contribution >= 0.6 is 0 Å². The standard InChI is InChI=1S/C21H26FNO2/c1-2-16-25-20-8-4-3-6-18(20)7-5-15-23-21(24)14-11-17-9-12-19(22)13-10-17/h3-4,6,8-10,12-13H,2,5,7,11,14-16H2,1H3,(H,23,24). The predicted molar refractivity (Wildman–Crippen MR) is 98.3 cm³/mol. The number of halogens is 1. The Labute approximate surface area is 149 Å². The van der Waals surface area contributed by atoms with Gasteiger partial charge in [-0.25, -0.2) is 4.39 Å². The summed E-state index contributed by atoms with van der Waals surface area (Å²) >= 11 is 0. The molecule has 134 valence electrons. The number of hydrogen-bond donors (Lipinski definition) is 1. The van der Waals surface area contributed by atoms with Crippen LogP contribution in [0.1, 0.15) is 37.3 Å². The molecule has 25 heavy (non-hydrogen) atoms. The maximum absolute atomic E-state index is 12.8. The summed E-state index contributed by atoms with van der Waals surface area (Å²) in [6.45, 7) is 3.45. The third kappa shape index (κ3) is 6.96. The molecule has 2 aromatic rings. The molecule has 0 aliphatic heterocycles. The summed E-state index contributed by atoms with van der Waals surface area (Å²) in [5.74, 6) is 0.711. The first kappa shape index (κ1) is 19.0. The third-order valence-electron chi connectivity index (χ3n) is 3.93. The number of para-hydroxylation sites is 1. The molecule has 0 heterocycles. The van der Waals surface area contributed by atoms with Gasteiger partial charge in [-0.1, -0.05) is 37.3 Å². The first-order valence-corrected chi connectivity index (χ1v) is 8.91. The topological polar surface area (TPSA) is 38.3 Å². The molecule has 2 aromatic carbocycles. The molecule has 0 unspecified atom stereocenters. The van der Waals surface area contributed by atoms with Crippen LogP contribution in [0.2, 0.25) is 0 Å². The van der Waals surface area contributed by atoms with Gasteiger partial charge in [0, 0.05) is 13.0 Å². The van der Waals surface area contributed by atoms with Gasteiger partial charge in [0.2, 0.25) is 5.91 Å². The van der Waals surface area contributed by atoms with Gasteiger partial charge in [-0.15, -0.1) is 0 Å². The lowest BCUT2D eigenvalue weighted by Gasteiger charge is -2.11. The van der Waals surface area contributed by atoms with Crippen LogP contribution in [0.25, 0.3) is 0 Å². The minimum atomic E-state index is -0.253. The number of carbonyl (C=O) groups is 1. The van der Waals surface area contributed by atoms with Crippen molar-refractivity contribution in [2.45, 2.75) is 39.0 Å². The quantitative estimate of drug-likeness (QED) is 0.653. The van der Waals surface area contributed by atoms with Crippen molar-refractivity contribution in [3.8, 4) is 5.75 Å². The summed E-state index contributed by atoms with van der Waals surface area (Å²) in [7, 11) is 0. The van der Waals surface area contributed by atoms with Crippen molar-refractivity contribution in [1.29, 1.82) is 0 Å². The Morgan fingerprint density at radius 1 is 1.08 bits per heavy atom. The van der Waals surface area contributed by atoms with Crippen molar-refractivity contribution in [2.24, 2.45) is 0 Å². The third-order valence-corrected chi connectivity index (χ3v) is 3.93. The van der Waals surface area contributed by atoms with E-state index >= 15 is 0 Å². The van der Waals surface area contributed by atoms with Gasteiger partial charge in [0.05, 0.1) is 6.61 Å². The Hall–Kier alpha value is -2.36. The van der Waals surface area contributed by atoms with Gasteiger partial charge in [0.25, 0.3) is 0 Å². The monoisotopic (exact) mass is 343 g/mol. The lowest BCUT2D eigenvalue weighted by molar-refractivity contribution is -0.121. The molecule has 0 fully saturated rings. The second-order valence-corrected chi connectivity index (χ2v) is 6.04. The predicted octanol–water partition coefficient (Wildman–Crippen LogP) is 4.30. The van der Waals surface area contributed by atoms with Crippen molar-refractivity contribution in [1.82, 2.24) is 5.32 Å². The molecule has 0 radical (unpaired) electrons. The zero-order valence-electron chi connectivity index (χ0n) is 14.8. The average Bonchev–Trinajstić information content (AvgIpc) is 2.64. The number of carbonyl (C=O) groups excluding carboxylic acids is 1. The second-order valence-electron chi connectivity index (χ2n) is 6.04. The fourth-order valence-corrected chi connectivity index (χ4v) is 2.57. The Morgan fingerprint density at radius 2 is 1.84 bits per heavy atom. The van der Waals surface area contributed by atoms with Crippen molar-refractivity contribution >= 4 is 5.91 Å². The molecule has 3 nitrogen and oxygen atoms in total. The van der Waals surface area contributed by atoms with Crippen molar-refractivity contribution in [3.63, 3.8) is 0 Å². The van der Waals surface area contributed by atoms with Crippen molar-refractivity contribution in [3.05, 3.63) is 65.5 Å². The van der Waals surface area contributed by atoms with Gasteiger partial charge < -0.3 is 10.1 Å². The Balaban J connectivity index is 1.67. The summed E-state index contributed by atoms with van der Waals surface area (Å²) in [5, 5.41) is 2.94. The highest BCUT2D eigenvalue weighted by Gasteiger charge is 2.05. The Morgan fingerprint density at radius 3 is 2.60 bits per heavy atom. The van der Waals surface area contributed by atoms with Gasteiger partial charge >= 0.3 is 0 Å². The summed E-state index contributed by atoms with van der Waals surface area (Å²) in [4.78, 5) is 11.9. The lowest BCUT2D eigenvalue weighted by Crippen LogP contribution is -2.25. The molecule has 0 aliphatic rings. The number of nitrogens with one attached hydrogen (secondary N) is 1. The molecule has 0 aliphatic carbocycles. The minimum Gasteiger partial charge on any atom is -0.493 e. The Bertz CT molecular complexity index is 655. The molecular weight excluding hydrogens is 317 g/mol. The highest BCUT2D eigenvalue weighted by Crippen LogP contribution is 2.19. The Kier molecular flexibility index (Phi) is 7.96. The van der Waals surface area contributed by atoms with Gasteiger partial charge in [-0.2, -0.15) is 0 Å². The number of amides is 1. The number of aryl methyl sites for hydroxylation is 2. The van der Waals surface area contributed by atoms with E-state index in [1.165, 1.54) is 17.7 Å². The molecular formula is C21H26FNO2. The van der Waals surface area contributed by atoms with Gasteiger partial charge in [0.1, 0.15) is 11.6 Å². The van der Waals surface area contributed by atoms with Crippen LogP contribution in [0.15, 0.2) is 48.5 Å². The van der Waals surface area contributed by atoms with Gasteiger partial charge in [-0.3, -0.25) is 4.79 Å². The second kappa shape index (κ2) is 10.5. The van der Waals surface area contributed by atoms with E-state index in [4.69, 9.17) is 4.74 Å². The van der Waals surface area contributed by atoms with E-state index in [0.717, 1.165) is 37.2 Å². The first-order valence-electron chi connectivity index (χ1n) is 8.91. The fraction of sp³-hybridized carbons (Fsp3) is 0.381. The van der Waals surface area contributed by atoms with E-state index in [2.05, 4.69) is 18.3 Å². The lowest BCUT2D eigenvalue weighted by atomic mass is 10.1. The van der Waals surface area contributed by atoms with Crippen LogP contribution in [-0.2, 0) is 17.6 Å². The molecule has 4 heteroatoms. The highest BCUT2D eigenvalue weighted by atomic mass is 19.1. The molecule has 2 rings (SSSR count). The van der Waals surface area contributed by atoms with Gasteiger partial charge in [-0.05, 0) is 55.0 Å². The van der Waals surface area contributed by atoms with Crippen LogP contribution in [-0.4, -0.2) is 19.1 Å². The zero-order chi connectivity index (χ0) is 17.9. The molecule has 0 spiro atoms. The smallest absolute Gasteiger partial charge is 0.220 e. The SMILES string of the molecule is CCCOc1ccccc1CCCNC(=O)CCc1ccc(F)cc1. The van der Waals surface area contributed by atoms with Crippen molar-refractivity contribution in [2.75, 3.05) is 13.2 Å². The molecule has 0 atom stereocenters. The molecule has 1 amide bonds. The molecule has 0 saturated carbocycles. The van der Waals surface area contributed by atoms with E-state index in [9.17, 15) is 9.18 Å². The molecule has 1 N–H and O–H groups in total. The van der Waals surface area contributed by atoms with E-state index in [1.54, 1.807) is 12.1 Å². The summed E-state index contributed by atoms with van der Waals surface area (Å²) in [6.07, 6.45) is 3.77. The highest BCUT2D eigenvalue weighted by molar-refractivity contribution is 5.76. The number of hydrogen-bond acceptors (Lipinski definition) is 2. The summed E-state index contributed by atoms with van der Waals surface area (Å²) < 4.78 is 18.6. The van der Waals surface area contributed by atoms with Crippen LogP contribution in [0.3, 0.4) is 0 Å². The normalized spacial score (nSPS) is 10.5. The van der Waals surface area contributed by atoms with Crippen LogP contribution in [0.5, 0.6) is 5.75 Å². The first-order chi connectivity index (χ1) is 12.2. The van der Waals surface area contributed by atoms with E-state index in [1.807, 2.05) is 18.2 Å². The van der Waals surface area contributed by atoms with Crippen LogP contribution in [0.4, 0.5) is 4.39 Å². The van der Waals surface area contributed by atoms with Gasteiger partial charge in [0.15, 0.2) is 0 Å². The van der Waals surface area contributed by atoms with E-state index in [-0.39, 0.29) is 11.7 Å². The number of rotatable bonds is 10. The minimum absolute atomic E-state index is 0.0276. The van der Waals surface area contributed by atoms with E-state index < -0.39 is 0 Å². The number of ether oxygens (including phenoxy) is 1. The van der Waals surface area contributed by atoms with Crippen LogP contribution in [0, 0.1) is 5.82 Å². The summed E-state index contributed by atoms with van der Waals surface area (Å²) in [5.41, 5.74) is 2.15. The van der Waals surface area contributed by atoms with E-state index in [0.29, 0.717) is 19.4 Å². The maximum atomic E-state index is 12.8. The van der Waals surface area contributed by atoms with Crippen LogP contribution < -0.4 is 10.1 Å². The maximum Gasteiger partial charge on any atom is 0.220 e. The fourth-order valence-electron chi connectivity index (χ4n) is 2.57. The zero-order valence-corrected chi connectivity index (χ0v) is 14.8. The average molecular weight is 343 g/mol. The largest absolute Gasteiger partial charge is 0.493 e. The molecule has 0 saturated heterocycles. The molecule has 0 aromatic heterocycles. The summed E-state index contributed by atoms with van der Waals surface area (Å²) in [6, 6.07) is 14.3. The molecule has 0 bridgehead atoms. The van der Waals surface area contributed by atoms with Crippen molar-refractivity contribution < 1.29 is 13.9 Å².